The molecule has 20 heavy (non-hydrogen) atoms. The topological polar surface area (TPSA) is 15.3 Å². The molecule has 0 radical (unpaired) electrons. The third kappa shape index (κ3) is 4.25. The van der Waals surface area contributed by atoms with Crippen LogP contribution in [0.25, 0.3) is 0 Å². The van der Waals surface area contributed by atoms with E-state index in [9.17, 15) is 8.78 Å². The molecule has 2 unspecified atom stereocenters. The van der Waals surface area contributed by atoms with E-state index >= 15 is 0 Å². The first-order valence-corrected chi connectivity index (χ1v) is 7.43. The van der Waals surface area contributed by atoms with Crippen molar-refractivity contribution in [1.29, 1.82) is 0 Å². The van der Waals surface area contributed by atoms with E-state index in [1.165, 1.54) is 24.6 Å². The van der Waals surface area contributed by atoms with Crippen molar-refractivity contribution < 1.29 is 8.78 Å². The van der Waals surface area contributed by atoms with E-state index in [1.54, 1.807) is 0 Å². The molecule has 0 bridgehead atoms. The smallest absolute Gasteiger partial charge is 0.129 e. The molecule has 0 aromatic heterocycles. The SMILES string of the molecule is CC(Cc1c(F)cccc1F)NC1CCCN(C)CC1. The first-order chi connectivity index (χ1) is 9.56. The predicted octanol–water partition coefficient (Wildman–Crippen LogP) is 2.97. The second-order valence-electron chi connectivity index (χ2n) is 5.90. The first kappa shape index (κ1) is 15.4. The van der Waals surface area contributed by atoms with Gasteiger partial charge in [0.2, 0.25) is 0 Å². The Morgan fingerprint density at radius 2 is 1.95 bits per heavy atom. The first-order valence-electron chi connectivity index (χ1n) is 7.43. The number of hydrogen-bond acceptors (Lipinski definition) is 2. The van der Waals surface area contributed by atoms with Crippen molar-refractivity contribution in [2.75, 3.05) is 20.1 Å². The van der Waals surface area contributed by atoms with Crippen LogP contribution in [0.3, 0.4) is 0 Å². The Morgan fingerprint density at radius 1 is 1.25 bits per heavy atom. The zero-order chi connectivity index (χ0) is 14.5. The van der Waals surface area contributed by atoms with E-state index in [0.29, 0.717) is 12.5 Å². The molecule has 112 valence electrons. The number of nitrogens with zero attached hydrogens (tertiary/aromatic N) is 1. The number of nitrogens with one attached hydrogen (secondary N) is 1. The molecule has 1 N–H and O–H groups in total. The summed E-state index contributed by atoms with van der Waals surface area (Å²) < 4.78 is 27.3. The Bertz CT molecular complexity index is 416. The average Bonchev–Trinajstić information content (AvgIpc) is 2.59. The van der Waals surface area contributed by atoms with E-state index in [4.69, 9.17) is 0 Å². The van der Waals surface area contributed by atoms with Crippen LogP contribution in [-0.2, 0) is 6.42 Å². The molecule has 0 aliphatic carbocycles. The maximum atomic E-state index is 13.6. The van der Waals surface area contributed by atoms with Gasteiger partial charge >= 0.3 is 0 Å². The summed E-state index contributed by atoms with van der Waals surface area (Å²) in [6.07, 6.45) is 3.80. The summed E-state index contributed by atoms with van der Waals surface area (Å²) in [4.78, 5) is 2.34. The molecule has 2 rings (SSSR count). The molecule has 1 aliphatic heterocycles. The molecule has 1 aliphatic rings. The molecule has 2 atom stereocenters. The molecule has 1 heterocycles. The highest BCUT2D eigenvalue weighted by molar-refractivity contribution is 5.20. The lowest BCUT2D eigenvalue weighted by Crippen LogP contribution is -2.38. The average molecular weight is 282 g/mol. The number of halogens is 2. The summed E-state index contributed by atoms with van der Waals surface area (Å²) >= 11 is 0. The van der Waals surface area contributed by atoms with Crippen molar-refractivity contribution in [3.63, 3.8) is 0 Å². The highest BCUT2D eigenvalue weighted by Gasteiger charge is 2.18. The summed E-state index contributed by atoms with van der Waals surface area (Å²) in [6.45, 7) is 4.22. The van der Waals surface area contributed by atoms with Crippen LogP contribution in [0.2, 0.25) is 0 Å². The third-order valence-corrected chi connectivity index (χ3v) is 4.04. The summed E-state index contributed by atoms with van der Waals surface area (Å²) in [7, 11) is 2.14. The lowest BCUT2D eigenvalue weighted by atomic mass is 10.0. The van der Waals surface area contributed by atoms with E-state index in [1.807, 2.05) is 6.92 Å². The van der Waals surface area contributed by atoms with Crippen molar-refractivity contribution in [2.24, 2.45) is 0 Å². The highest BCUT2D eigenvalue weighted by Crippen LogP contribution is 2.16. The fourth-order valence-corrected chi connectivity index (χ4v) is 2.90. The number of likely N-dealkylation sites (tertiary alicyclic amines) is 1. The molecule has 2 nitrogen and oxygen atoms in total. The van der Waals surface area contributed by atoms with Crippen LogP contribution in [0, 0.1) is 11.6 Å². The van der Waals surface area contributed by atoms with Gasteiger partial charge in [-0.3, -0.25) is 0 Å². The van der Waals surface area contributed by atoms with Gasteiger partial charge in [0, 0.05) is 17.6 Å². The molecule has 0 saturated carbocycles. The Balaban J connectivity index is 1.90. The summed E-state index contributed by atoms with van der Waals surface area (Å²) in [5, 5.41) is 3.52. The van der Waals surface area contributed by atoms with Crippen molar-refractivity contribution in [3.8, 4) is 0 Å². The third-order valence-electron chi connectivity index (χ3n) is 4.04. The minimum Gasteiger partial charge on any atom is -0.311 e. The summed E-state index contributed by atoms with van der Waals surface area (Å²) in [5.41, 5.74) is 0.193. The van der Waals surface area contributed by atoms with Crippen LogP contribution in [-0.4, -0.2) is 37.1 Å². The molecule has 1 aromatic rings. The molecule has 1 aromatic carbocycles. The lowest BCUT2D eigenvalue weighted by molar-refractivity contribution is 0.339. The van der Waals surface area contributed by atoms with Crippen LogP contribution in [0.1, 0.15) is 31.7 Å². The number of hydrogen-bond donors (Lipinski definition) is 1. The van der Waals surface area contributed by atoms with Gasteiger partial charge in [0.15, 0.2) is 0 Å². The van der Waals surface area contributed by atoms with Gasteiger partial charge in [0.05, 0.1) is 0 Å². The molecule has 4 heteroatoms. The Labute approximate surface area is 120 Å². The van der Waals surface area contributed by atoms with E-state index < -0.39 is 11.6 Å². The van der Waals surface area contributed by atoms with Gasteiger partial charge in [0.1, 0.15) is 11.6 Å². The Morgan fingerprint density at radius 3 is 2.65 bits per heavy atom. The van der Waals surface area contributed by atoms with Crippen molar-refractivity contribution in [1.82, 2.24) is 10.2 Å². The molecule has 1 saturated heterocycles. The summed E-state index contributed by atoms with van der Waals surface area (Å²) in [5.74, 6) is -0.890. The zero-order valence-electron chi connectivity index (χ0n) is 12.3. The fourth-order valence-electron chi connectivity index (χ4n) is 2.90. The molecule has 1 fully saturated rings. The quantitative estimate of drug-likeness (QED) is 0.913. The van der Waals surface area contributed by atoms with Crippen LogP contribution in [0.5, 0.6) is 0 Å². The minimum absolute atomic E-state index is 0.0785. The van der Waals surface area contributed by atoms with Gasteiger partial charge in [-0.15, -0.1) is 0 Å². The van der Waals surface area contributed by atoms with Crippen LogP contribution in [0.4, 0.5) is 8.78 Å². The zero-order valence-corrected chi connectivity index (χ0v) is 12.3. The van der Waals surface area contributed by atoms with Gasteiger partial charge in [0.25, 0.3) is 0 Å². The second-order valence-corrected chi connectivity index (χ2v) is 5.90. The Hall–Kier alpha value is -1.00. The second kappa shape index (κ2) is 7.14. The number of rotatable bonds is 4. The minimum atomic E-state index is -0.445. The standard InChI is InChI=1S/C16H24F2N2/c1-12(11-14-15(17)6-3-7-16(14)18)19-13-5-4-9-20(2)10-8-13/h3,6-7,12-13,19H,4-5,8-11H2,1-2H3. The largest absolute Gasteiger partial charge is 0.311 e. The normalized spacial score (nSPS) is 22.5. The van der Waals surface area contributed by atoms with E-state index in [2.05, 4.69) is 17.3 Å². The molecule has 0 spiro atoms. The van der Waals surface area contributed by atoms with Crippen LogP contribution in [0.15, 0.2) is 18.2 Å². The molecular weight excluding hydrogens is 258 g/mol. The predicted molar refractivity (Wildman–Crippen MR) is 77.8 cm³/mol. The van der Waals surface area contributed by atoms with Crippen molar-refractivity contribution in [2.45, 2.75) is 44.7 Å². The lowest BCUT2D eigenvalue weighted by Gasteiger charge is -2.22. The van der Waals surface area contributed by atoms with Gasteiger partial charge in [-0.25, -0.2) is 8.78 Å². The van der Waals surface area contributed by atoms with Crippen LogP contribution < -0.4 is 5.32 Å². The molecule has 0 amide bonds. The molecular formula is C16H24F2N2. The van der Waals surface area contributed by atoms with Crippen molar-refractivity contribution in [3.05, 3.63) is 35.4 Å². The summed E-state index contributed by atoms with van der Waals surface area (Å²) in [6, 6.07) is 4.59. The number of benzene rings is 1. The maximum Gasteiger partial charge on any atom is 0.129 e. The van der Waals surface area contributed by atoms with Crippen LogP contribution >= 0.6 is 0 Å². The van der Waals surface area contributed by atoms with Crippen molar-refractivity contribution >= 4 is 0 Å². The highest BCUT2D eigenvalue weighted by atomic mass is 19.1. The monoisotopic (exact) mass is 282 g/mol. The fraction of sp³-hybridized carbons (Fsp3) is 0.625. The van der Waals surface area contributed by atoms with Gasteiger partial charge in [-0.05, 0) is 64.9 Å². The van der Waals surface area contributed by atoms with Gasteiger partial charge < -0.3 is 10.2 Å². The van der Waals surface area contributed by atoms with Gasteiger partial charge in [-0.1, -0.05) is 6.07 Å². The maximum absolute atomic E-state index is 13.6. The van der Waals surface area contributed by atoms with Gasteiger partial charge in [-0.2, -0.15) is 0 Å². The Kier molecular flexibility index (Phi) is 5.49. The van der Waals surface area contributed by atoms with E-state index in [0.717, 1.165) is 25.9 Å². The van der Waals surface area contributed by atoms with E-state index in [-0.39, 0.29) is 11.6 Å².